The molecule has 0 N–H and O–H groups in total. The monoisotopic (exact) mass is 148 g/mol. The molecule has 0 saturated carbocycles. The Bertz CT molecular complexity index is 318. The van der Waals surface area contributed by atoms with Crippen molar-refractivity contribution in [2.45, 2.75) is 0 Å². The van der Waals surface area contributed by atoms with Crippen LogP contribution in [0.5, 0.6) is 0 Å². The molecule has 0 aliphatic heterocycles. The molecule has 0 spiro atoms. The number of nitrogens with zero attached hydrogens (tertiary/aromatic N) is 4. The number of aromatic nitrogens is 4. The second kappa shape index (κ2) is 2.45. The van der Waals surface area contributed by atoms with Gasteiger partial charge in [-0.3, -0.25) is 0 Å². The van der Waals surface area contributed by atoms with Gasteiger partial charge >= 0.3 is 0 Å². The molecule has 0 radical (unpaired) electrons. The average Bonchev–Trinajstić information content (AvgIpc) is 2.58. The third-order valence-electron chi connectivity index (χ3n) is 1.19. The molecule has 2 heterocycles. The summed E-state index contributed by atoms with van der Waals surface area (Å²) in [5.41, 5.74) is 0.637. The molecule has 0 aliphatic rings. The fraction of sp³-hybridized carbons (Fsp3) is 0. The van der Waals surface area contributed by atoms with Gasteiger partial charge in [0.25, 0.3) is 0 Å². The first-order valence-electron chi connectivity index (χ1n) is 3.02. The molecule has 0 bridgehead atoms. The van der Waals surface area contributed by atoms with E-state index in [1.807, 2.05) is 0 Å². The van der Waals surface area contributed by atoms with Crippen LogP contribution in [0.2, 0.25) is 0 Å². The van der Waals surface area contributed by atoms with Crippen LogP contribution in [0.1, 0.15) is 0 Å². The van der Waals surface area contributed by atoms with Crippen molar-refractivity contribution in [1.82, 2.24) is 20.6 Å². The molecule has 2 aromatic heterocycles. The Labute approximate surface area is 62.0 Å². The lowest BCUT2D eigenvalue weighted by atomic mass is 10.3. The lowest BCUT2D eigenvalue weighted by Gasteiger charge is -1.87. The first kappa shape index (κ1) is 5.96. The van der Waals surface area contributed by atoms with E-state index in [9.17, 15) is 0 Å². The Balaban J connectivity index is 2.46. The molecule has 0 aliphatic carbocycles. The van der Waals surface area contributed by atoms with Gasteiger partial charge in [-0.15, -0.1) is 10.2 Å². The quantitative estimate of drug-likeness (QED) is 0.590. The number of rotatable bonds is 1. The van der Waals surface area contributed by atoms with Gasteiger partial charge in [-0.2, -0.15) is 5.10 Å². The maximum atomic E-state index is 4.76. The lowest BCUT2D eigenvalue weighted by molar-refractivity contribution is 0.402. The van der Waals surface area contributed by atoms with Gasteiger partial charge in [0.05, 0.1) is 0 Å². The molecule has 5 heteroatoms. The summed E-state index contributed by atoms with van der Waals surface area (Å²) in [5.74, 6) is 0.526. The summed E-state index contributed by atoms with van der Waals surface area (Å²) in [4.78, 5) is 0. The predicted octanol–water partition coefficient (Wildman–Crippen LogP) is 0.527. The predicted molar refractivity (Wildman–Crippen MR) is 35.3 cm³/mol. The lowest BCUT2D eigenvalue weighted by Crippen LogP contribution is -1.82. The molecule has 2 rings (SSSR count). The summed E-state index contributed by atoms with van der Waals surface area (Å²) >= 11 is 0. The zero-order valence-corrected chi connectivity index (χ0v) is 5.51. The number of hydrogen-bond donors (Lipinski definition) is 0. The maximum absolute atomic E-state index is 4.76. The Hall–Kier alpha value is -1.78. The molecular formula is C6H4N4O. The van der Waals surface area contributed by atoms with Crippen molar-refractivity contribution in [3.8, 4) is 11.5 Å². The van der Waals surface area contributed by atoms with Crippen LogP contribution in [-0.2, 0) is 0 Å². The van der Waals surface area contributed by atoms with Gasteiger partial charge < -0.3 is 4.52 Å². The summed E-state index contributed by atoms with van der Waals surface area (Å²) in [6.07, 6.45) is 3.08. The molecule has 0 saturated heterocycles. The minimum Gasteiger partial charge on any atom is -0.335 e. The van der Waals surface area contributed by atoms with E-state index in [0.29, 0.717) is 11.5 Å². The fourth-order valence-corrected chi connectivity index (χ4v) is 0.713. The standard InChI is InChI=1S/C6H4N4O/c1-2-5(9-7-3-1)6-4-8-10-11-6/h1-4H. The Kier molecular flexibility index (Phi) is 1.33. The van der Waals surface area contributed by atoms with E-state index in [-0.39, 0.29) is 0 Å². The van der Waals surface area contributed by atoms with Gasteiger partial charge in [0, 0.05) is 11.5 Å². The van der Waals surface area contributed by atoms with Gasteiger partial charge in [-0.05, 0) is 12.1 Å². The minimum absolute atomic E-state index is 0.526. The second-order valence-electron chi connectivity index (χ2n) is 1.89. The van der Waals surface area contributed by atoms with Crippen molar-refractivity contribution in [3.63, 3.8) is 0 Å². The minimum atomic E-state index is 0.526. The molecule has 0 aromatic carbocycles. The zero-order chi connectivity index (χ0) is 7.52. The van der Waals surface area contributed by atoms with E-state index in [1.165, 1.54) is 6.20 Å². The first-order valence-corrected chi connectivity index (χ1v) is 3.02. The van der Waals surface area contributed by atoms with Crippen LogP contribution < -0.4 is 0 Å². The molecule has 0 fully saturated rings. The fourth-order valence-electron chi connectivity index (χ4n) is 0.713. The molecule has 2 aromatic rings. The van der Waals surface area contributed by atoms with Gasteiger partial charge in [0.15, 0.2) is 0 Å². The van der Waals surface area contributed by atoms with Crippen LogP contribution in [0.15, 0.2) is 29.0 Å². The van der Waals surface area contributed by atoms with E-state index < -0.39 is 0 Å². The molecule has 11 heavy (non-hydrogen) atoms. The Morgan fingerprint density at radius 1 is 1.27 bits per heavy atom. The first-order chi connectivity index (χ1) is 5.47. The normalized spacial score (nSPS) is 9.82. The summed E-state index contributed by atoms with van der Waals surface area (Å²) < 4.78 is 4.76. The highest BCUT2D eigenvalue weighted by Crippen LogP contribution is 2.11. The maximum Gasteiger partial charge on any atom is 0.207 e. The van der Waals surface area contributed by atoms with Crippen LogP contribution in [0.25, 0.3) is 11.5 Å². The van der Waals surface area contributed by atoms with Crippen molar-refractivity contribution >= 4 is 0 Å². The Morgan fingerprint density at radius 3 is 2.91 bits per heavy atom. The third kappa shape index (κ3) is 1.07. The van der Waals surface area contributed by atoms with Crippen molar-refractivity contribution in [1.29, 1.82) is 0 Å². The second-order valence-corrected chi connectivity index (χ2v) is 1.89. The topological polar surface area (TPSA) is 64.7 Å². The molecule has 0 amide bonds. The molecule has 54 valence electrons. The van der Waals surface area contributed by atoms with Crippen LogP contribution in [0.4, 0.5) is 0 Å². The average molecular weight is 148 g/mol. The van der Waals surface area contributed by atoms with Gasteiger partial charge in [0.2, 0.25) is 5.76 Å². The smallest absolute Gasteiger partial charge is 0.207 e. The largest absolute Gasteiger partial charge is 0.335 e. The van der Waals surface area contributed by atoms with Crippen molar-refractivity contribution in [2.24, 2.45) is 0 Å². The Morgan fingerprint density at radius 2 is 2.27 bits per heavy atom. The van der Waals surface area contributed by atoms with Crippen molar-refractivity contribution in [2.75, 3.05) is 0 Å². The van der Waals surface area contributed by atoms with E-state index >= 15 is 0 Å². The molecular weight excluding hydrogens is 144 g/mol. The molecule has 5 nitrogen and oxygen atoms in total. The van der Waals surface area contributed by atoms with E-state index in [2.05, 4.69) is 20.6 Å². The summed E-state index contributed by atoms with van der Waals surface area (Å²) in [6, 6.07) is 3.54. The van der Waals surface area contributed by atoms with Crippen LogP contribution >= 0.6 is 0 Å². The molecule has 0 unspecified atom stereocenters. The van der Waals surface area contributed by atoms with Crippen molar-refractivity contribution < 1.29 is 4.52 Å². The highest BCUT2D eigenvalue weighted by molar-refractivity contribution is 5.47. The SMILES string of the molecule is c1cnnc(-c2cnno2)c1. The van der Waals surface area contributed by atoms with E-state index in [4.69, 9.17) is 4.52 Å². The summed E-state index contributed by atoms with van der Waals surface area (Å²) in [7, 11) is 0. The highest BCUT2D eigenvalue weighted by atomic mass is 16.5. The van der Waals surface area contributed by atoms with Crippen molar-refractivity contribution in [3.05, 3.63) is 24.5 Å². The van der Waals surface area contributed by atoms with E-state index in [0.717, 1.165) is 0 Å². The third-order valence-corrected chi connectivity index (χ3v) is 1.19. The van der Waals surface area contributed by atoms with E-state index in [1.54, 1.807) is 18.3 Å². The highest BCUT2D eigenvalue weighted by Gasteiger charge is 2.01. The van der Waals surface area contributed by atoms with Crippen LogP contribution in [-0.4, -0.2) is 20.6 Å². The van der Waals surface area contributed by atoms with Gasteiger partial charge in [-0.25, -0.2) is 0 Å². The summed E-state index contributed by atoms with van der Waals surface area (Å²) in [6.45, 7) is 0. The summed E-state index contributed by atoms with van der Waals surface area (Å²) in [5, 5.41) is 14.3. The van der Waals surface area contributed by atoms with Gasteiger partial charge in [-0.1, -0.05) is 0 Å². The zero-order valence-electron chi connectivity index (χ0n) is 5.51. The number of hydrogen-bond acceptors (Lipinski definition) is 5. The van der Waals surface area contributed by atoms with Crippen LogP contribution in [0.3, 0.4) is 0 Å². The van der Waals surface area contributed by atoms with Crippen LogP contribution in [0, 0.1) is 0 Å². The molecule has 0 atom stereocenters. The van der Waals surface area contributed by atoms with Gasteiger partial charge in [0.1, 0.15) is 11.9 Å².